The Kier molecular flexibility index (Phi) is 3.97. The highest BCUT2D eigenvalue weighted by Crippen LogP contribution is 2.29. The van der Waals surface area contributed by atoms with Crippen molar-refractivity contribution in [1.82, 2.24) is 4.90 Å². The van der Waals surface area contributed by atoms with Crippen LogP contribution < -0.4 is 5.73 Å². The molecule has 2 aliphatic rings. The lowest BCUT2D eigenvalue weighted by atomic mass is 9.86. The maximum atomic E-state index is 6.13. The first kappa shape index (κ1) is 11.7. The molecule has 3 heteroatoms. The molecule has 0 amide bonds. The summed E-state index contributed by atoms with van der Waals surface area (Å²) in [5.41, 5.74) is 6.13. The molecule has 2 heterocycles. The SMILES string of the molecule is CC1C(N)CCN(C2CCSCC2)C1C. The van der Waals surface area contributed by atoms with E-state index in [1.54, 1.807) is 0 Å². The number of hydrogen-bond acceptors (Lipinski definition) is 3. The molecule has 3 unspecified atom stereocenters. The number of nitrogens with two attached hydrogens (primary N) is 1. The third kappa shape index (κ3) is 2.51. The van der Waals surface area contributed by atoms with Gasteiger partial charge in [-0.3, -0.25) is 4.90 Å². The van der Waals surface area contributed by atoms with Gasteiger partial charge in [0.05, 0.1) is 0 Å². The number of likely N-dealkylation sites (tertiary alicyclic amines) is 1. The Labute approximate surface area is 98.0 Å². The maximum Gasteiger partial charge on any atom is 0.0114 e. The van der Waals surface area contributed by atoms with Crippen LogP contribution in [0.25, 0.3) is 0 Å². The van der Waals surface area contributed by atoms with Gasteiger partial charge in [0.25, 0.3) is 0 Å². The third-order valence-corrected chi connectivity index (χ3v) is 5.39. The van der Waals surface area contributed by atoms with Gasteiger partial charge in [0.2, 0.25) is 0 Å². The molecule has 0 aliphatic carbocycles. The van der Waals surface area contributed by atoms with Crippen molar-refractivity contribution >= 4 is 11.8 Å². The van der Waals surface area contributed by atoms with Gasteiger partial charge in [0.1, 0.15) is 0 Å². The van der Waals surface area contributed by atoms with Crippen LogP contribution >= 0.6 is 11.8 Å². The Balaban J connectivity index is 1.96. The summed E-state index contributed by atoms with van der Waals surface area (Å²) in [5.74, 6) is 3.37. The van der Waals surface area contributed by atoms with E-state index in [2.05, 4.69) is 30.5 Å². The molecule has 2 nitrogen and oxygen atoms in total. The second-order valence-corrected chi connectivity index (χ2v) is 6.36. The van der Waals surface area contributed by atoms with Gasteiger partial charge in [0.15, 0.2) is 0 Å². The predicted molar refractivity (Wildman–Crippen MR) is 68.3 cm³/mol. The van der Waals surface area contributed by atoms with Crippen LogP contribution in [0.1, 0.15) is 33.1 Å². The minimum Gasteiger partial charge on any atom is -0.327 e. The van der Waals surface area contributed by atoms with E-state index >= 15 is 0 Å². The Morgan fingerprint density at radius 3 is 2.47 bits per heavy atom. The lowest BCUT2D eigenvalue weighted by Gasteiger charge is -2.46. The van der Waals surface area contributed by atoms with E-state index in [0.717, 1.165) is 6.04 Å². The lowest BCUT2D eigenvalue weighted by molar-refractivity contribution is 0.0525. The second kappa shape index (κ2) is 5.07. The van der Waals surface area contributed by atoms with Crippen molar-refractivity contribution in [3.63, 3.8) is 0 Å². The van der Waals surface area contributed by atoms with Crippen LogP contribution in [0.4, 0.5) is 0 Å². The number of rotatable bonds is 1. The van der Waals surface area contributed by atoms with Crippen molar-refractivity contribution in [3.8, 4) is 0 Å². The molecule has 0 saturated carbocycles. The first-order valence-electron chi connectivity index (χ1n) is 6.29. The summed E-state index contributed by atoms with van der Waals surface area (Å²) in [6, 6.07) is 1.95. The monoisotopic (exact) mass is 228 g/mol. The number of thioether (sulfide) groups is 1. The molecule has 2 N–H and O–H groups in total. The van der Waals surface area contributed by atoms with E-state index < -0.39 is 0 Å². The van der Waals surface area contributed by atoms with E-state index in [9.17, 15) is 0 Å². The van der Waals surface area contributed by atoms with Crippen molar-refractivity contribution < 1.29 is 0 Å². The Hall–Kier alpha value is 0.270. The zero-order valence-electron chi connectivity index (χ0n) is 9.98. The van der Waals surface area contributed by atoms with Crippen molar-refractivity contribution in [2.45, 2.75) is 51.2 Å². The first-order valence-corrected chi connectivity index (χ1v) is 7.44. The summed E-state index contributed by atoms with van der Waals surface area (Å²) in [5, 5.41) is 0. The summed E-state index contributed by atoms with van der Waals surface area (Å²) < 4.78 is 0. The lowest BCUT2D eigenvalue weighted by Crippen LogP contribution is -2.55. The minimum absolute atomic E-state index is 0.425. The molecule has 0 aromatic carbocycles. The zero-order chi connectivity index (χ0) is 10.8. The molecule has 2 saturated heterocycles. The molecule has 0 aromatic rings. The molecule has 0 bridgehead atoms. The molecule has 2 fully saturated rings. The van der Waals surface area contributed by atoms with Crippen LogP contribution in [0.3, 0.4) is 0 Å². The average molecular weight is 228 g/mol. The fourth-order valence-electron chi connectivity index (χ4n) is 2.96. The highest BCUT2D eigenvalue weighted by atomic mass is 32.2. The van der Waals surface area contributed by atoms with Crippen LogP contribution in [0.5, 0.6) is 0 Å². The smallest absolute Gasteiger partial charge is 0.0114 e. The van der Waals surface area contributed by atoms with Crippen molar-refractivity contribution in [3.05, 3.63) is 0 Å². The molecule has 3 atom stereocenters. The third-order valence-electron chi connectivity index (χ3n) is 4.34. The normalized spacial score (nSPS) is 40.6. The van der Waals surface area contributed by atoms with Gasteiger partial charge in [-0.2, -0.15) is 11.8 Å². The van der Waals surface area contributed by atoms with Crippen molar-refractivity contribution in [2.24, 2.45) is 11.7 Å². The predicted octanol–water partition coefficient (Wildman–Crippen LogP) is 1.94. The van der Waals surface area contributed by atoms with Crippen LogP contribution in [0, 0.1) is 5.92 Å². The van der Waals surface area contributed by atoms with E-state index in [1.165, 1.54) is 37.3 Å². The van der Waals surface area contributed by atoms with Crippen molar-refractivity contribution in [2.75, 3.05) is 18.1 Å². The highest BCUT2D eigenvalue weighted by molar-refractivity contribution is 7.99. The molecule has 2 aliphatic heterocycles. The van der Waals surface area contributed by atoms with Gasteiger partial charge in [-0.15, -0.1) is 0 Å². The molecule has 0 aromatic heterocycles. The first-order chi connectivity index (χ1) is 7.20. The largest absolute Gasteiger partial charge is 0.327 e. The number of hydrogen-bond donors (Lipinski definition) is 1. The molecule has 0 spiro atoms. The van der Waals surface area contributed by atoms with Gasteiger partial charge in [-0.05, 0) is 43.6 Å². The molecule has 2 rings (SSSR count). The Morgan fingerprint density at radius 2 is 1.80 bits per heavy atom. The summed E-state index contributed by atoms with van der Waals surface area (Å²) in [4.78, 5) is 2.73. The van der Waals surface area contributed by atoms with Crippen LogP contribution in [-0.2, 0) is 0 Å². The van der Waals surface area contributed by atoms with E-state index in [0.29, 0.717) is 18.0 Å². The number of nitrogens with zero attached hydrogens (tertiary/aromatic N) is 1. The minimum atomic E-state index is 0.425. The molecule has 15 heavy (non-hydrogen) atoms. The summed E-state index contributed by atoms with van der Waals surface area (Å²) in [6.45, 7) is 5.91. The standard InChI is InChI=1S/C12H24N2S/c1-9-10(2)14(6-3-12(9)13)11-4-7-15-8-5-11/h9-12H,3-8,13H2,1-2H3. The van der Waals surface area contributed by atoms with Crippen LogP contribution in [-0.4, -0.2) is 41.1 Å². The van der Waals surface area contributed by atoms with Gasteiger partial charge < -0.3 is 5.73 Å². The second-order valence-electron chi connectivity index (χ2n) is 5.13. The van der Waals surface area contributed by atoms with E-state index in [-0.39, 0.29) is 0 Å². The molecule has 88 valence electrons. The fourth-order valence-corrected chi connectivity index (χ4v) is 4.04. The topological polar surface area (TPSA) is 29.3 Å². The Bertz CT molecular complexity index is 202. The average Bonchev–Trinajstić information content (AvgIpc) is 2.27. The van der Waals surface area contributed by atoms with Crippen molar-refractivity contribution in [1.29, 1.82) is 0 Å². The van der Waals surface area contributed by atoms with Crippen LogP contribution in [0.15, 0.2) is 0 Å². The summed E-state index contributed by atoms with van der Waals surface area (Å²) in [7, 11) is 0. The van der Waals surface area contributed by atoms with Gasteiger partial charge in [0, 0.05) is 24.7 Å². The van der Waals surface area contributed by atoms with Crippen LogP contribution in [0.2, 0.25) is 0 Å². The molecule has 0 radical (unpaired) electrons. The fraction of sp³-hybridized carbons (Fsp3) is 1.00. The van der Waals surface area contributed by atoms with Gasteiger partial charge >= 0.3 is 0 Å². The van der Waals surface area contributed by atoms with Gasteiger partial charge in [-0.1, -0.05) is 6.92 Å². The maximum absolute atomic E-state index is 6.13. The summed E-state index contributed by atoms with van der Waals surface area (Å²) in [6.07, 6.45) is 3.96. The van der Waals surface area contributed by atoms with E-state index in [1.807, 2.05) is 0 Å². The zero-order valence-corrected chi connectivity index (χ0v) is 10.8. The Morgan fingerprint density at radius 1 is 1.13 bits per heavy atom. The van der Waals surface area contributed by atoms with E-state index in [4.69, 9.17) is 5.73 Å². The quantitative estimate of drug-likeness (QED) is 0.744. The van der Waals surface area contributed by atoms with Gasteiger partial charge in [-0.25, -0.2) is 0 Å². The molecular weight excluding hydrogens is 204 g/mol. The number of piperidine rings is 1. The summed E-state index contributed by atoms with van der Waals surface area (Å²) >= 11 is 2.11. The highest BCUT2D eigenvalue weighted by Gasteiger charge is 2.34. The molecular formula is C12H24N2S.